The number of benzene rings is 1. The Bertz CT molecular complexity index is 460. The van der Waals surface area contributed by atoms with Gasteiger partial charge in [-0.15, -0.1) is 0 Å². The second-order valence-corrected chi connectivity index (χ2v) is 6.69. The molecule has 2 saturated heterocycles. The molecule has 0 bridgehead atoms. The summed E-state index contributed by atoms with van der Waals surface area (Å²) in [7, 11) is 2.03. The quantitative estimate of drug-likeness (QED) is 0.895. The highest BCUT2D eigenvalue weighted by atomic mass is 15.3. The van der Waals surface area contributed by atoms with Gasteiger partial charge in [-0.1, -0.05) is 24.3 Å². The molecule has 21 heavy (non-hydrogen) atoms. The largest absolute Gasteiger partial charge is 0.319 e. The first-order valence-corrected chi connectivity index (χ1v) is 8.47. The van der Waals surface area contributed by atoms with Gasteiger partial charge in [0.2, 0.25) is 0 Å². The van der Waals surface area contributed by atoms with Crippen molar-refractivity contribution in [3.05, 3.63) is 35.4 Å². The van der Waals surface area contributed by atoms with Gasteiger partial charge in [-0.25, -0.2) is 0 Å². The normalized spacial score (nSPS) is 27.0. The van der Waals surface area contributed by atoms with Crippen LogP contribution in [-0.2, 0) is 13.0 Å². The molecule has 0 radical (unpaired) electrons. The van der Waals surface area contributed by atoms with Crippen LogP contribution in [0.5, 0.6) is 0 Å². The molecular weight excluding hydrogens is 258 g/mol. The molecular formula is C18H29N3. The number of hydrogen-bond donors (Lipinski definition) is 1. The molecule has 2 aliphatic heterocycles. The molecule has 3 rings (SSSR count). The van der Waals surface area contributed by atoms with E-state index in [4.69, 9.17) is 0 Å². The van der Waals surface area contributed by atoms with Crippen molar-refractivity contribution in [2.75, 3.05) is 33.2 Å². The maximum Gasteiger partial charge on any atom is 0.0240 e. The van der Waals surface area contributed by atoms with Crippen molar-refractivity contribution in [3.8, 4) is 0 Å². The van der Waals surface area contributed by atoms with Gasteiger partial charge in [0.15, 0.2) is 0 Å². The first-order valence-electron chi connectivity index (χ1n) is 8.47. The SMILES string of the molecule is CNCCc1ccccc1CN1CC2CCCN2CC1C. The van der Waals surface area contributed by atoms with Crippen LogP contribution in [0.25, 0.3) is 0 Å². The van der Waals surface area contributed by atoms with Crippen LogP contribution in [0.1, 0.15) is 30.9 Å². The number of likely N-dealkylation sites (N-methyl/N-ethyl adjacent to an activating group) is 1. The zero-order chi connectivity index (χ0) is 14.7. The highest BCUT2D eigenvalue weighted by Gasteiger charge is 2.34. The minimum absolute atomic E-state index is 0.678. The van der Waals surface area contributed by atoms with Crippen LogP contribution in [0.4, 0.5) is 0 Å². The van der Waals surface area contributed by atoms with E-state index >= 15 is 0 Å². The van der Waals surface area contributed by atoms with E-state index in [0.717, 1.165) is 25.6 Å². The number of nitrogens with one attached hydrogen (secondary N) is 1. The molecule has 0 aliphatic carbocycles. The Morgan fingerprint density at radius 1 is 1.19 bits per heavy atom. The molecule has 1 aromatic carbocycles. The summed E-state index contributed by atoms with van der Waals surface area (Å²) in [6.07, 6.45) is 3.92. The van der Waals surface area contributed by atoms with Gasteiger partial charge in [0, 0.05) is 31.7 Å². The number of piperazine rings is 1. The van der Waals surface area contributed by atoms with Crippen molar-refractivity contribution in [2.24, 2.45) is 0 Å². The maximum absolute atomic E-state index is 3.27. The summed E-state index contributed by atoms with van der Waals surface area (Å²) in [6.45, 7) is 8.39. The van der Waals surface area contributed by atoms with Gasteiger partial charge in [0.05, 0.1) is 0 Å². The number of fused-ring (bicyclic) bond motifs is 1. The Labute approximate surface area is 129 Å². The van der Waals surface area contributed by atoms with Crippen molar-refractivity contribution in [2.45, 2.75) is 44.8 Å². The average molecular weight is 287 g/mol. The molecule has 1 aromatic rings. The second kappa shape index (κ2) is 6.91. The lowest BCUT2D eigenvalue weighted by Gasteiger charge is -2.42. The number of hydrogen-bond acceptors (Lipinski definition) is 3. The Balaban J connectivity index is 1.68. The Morgan fingerprint density at radius 3 is 2.81 bits per heavy atom. The summed E-state index contributed by atoms with van der Waals surface area (Å²) >= 11 is 0. The smallest absolute Gasteiger partial charge is 0.0240 e. The van der Waals surface area contributed by atoms with Crippen LogP contribution in [-0.4, -0.2) is 55.1 Å². The molecule has 3 nitrogen and oxygen atoms in total. The van der Waals surface area contributed by atoms with Crippen molar-refractivity contribution in [3.63, 3.8) is 0 Å². The van der Waals surface area contributed by atoms with E-state index in [2.05, 4.69) is 46.3 Å². The second-order valence-electron chi connectivity index (χ2n) is 6.69. The van der Waals surface area contributed by atoms with E-state index in [1.54, 1.807) is 0 Å². The third-order valence-electron chi connectivity index (χ3n) is 5.20. The lowest BCUT2D eigenvalue weighted by atomic mass is 10.0. The van der Waals surface area contributed by atoms with E-state index in [9.17, 15) is 0 Å². The molecule has 2 aliphatic rings. The Morgan fingerprint density at radius 2 is 2.00 bits per heavy atom. The molecule has 116 valence electrons. The van der Waals surface area contributed by atoms with E-state index in [0.29, 0.717) is 6.04 Å². The lowest BCUT2D eigenvalue weighted by Crippen LogP contribution is -2.54. The highest BCUT2D eigenvalue weighted by molar-refractivity contribution is 5.27. The van der Waals surface area contributed by atoms with Crippen molar-refractivity contribution < 1.29 is 0 Å². The van der Waals surface area contributed by atoms with Crippen LogP contribution >= 0.6 is 0 Å². The zero-order valence-electron chi connectivity index (χ0n) is 13.5. The topological polar surface area (TPSA) is 18.5 Å². The molecule has 0 saturated carbocycles. The fourth-order valence-corrected chi connectivity index (χ4v) is 3.90. The zero-order valence-corrected chi connectivity index (χ0v) is 13.5. The van der Waals surface area contributed by atoms with Crippen LogP contribution in [0, 0.1) is 0 Å². The van der Waals surface area contributed by atoms with Crippen molar-refractivity contribution >= 4 is 0 Å². The van der Waals surface area contributed by atoms with E-state index in [1.807, 2.05) is 7.05 Å². The molecule has 2 heterocycles. The Hall–Kier alpha value is -0.900. The van der Waals surface area contributed by atoms with E-state index < -0.39 is 0 Å². The minimum Gasteiger partial charge on any atom is -0.319 e. The number of nitrogens with zero attached hydrogens (tertiary/aromatic N) is 2. The third kappa shape index (κ3) is 3.47. The molecule has 0 spiro atoms. The lowest BCUT2D eigenvalue weighted by molar-refractivity contribution is 0.0538. The standard InChI is InChI=1S/C18H29N3/c1-15-12-20-11-5-8-18(20)14-21(15)13-17-7-4-3-6-16(17)9-10-19-2/h3-4,6-7,15,18-19H,5,8-14H2,1-2H3. The molecule has 2 unspecified atom stereocenters. The summed E-state index contributed by atoms with van der Waals surface area (Å²) < 4.78 is 0. The predicted molar refractivity (Wildman–Crippen MR) is 88.5 cm³/mol. The first-order chi connectivity index (χ1) is 10.3. The minimum atomic E-state index is 0.678. The van der Waals surface area contributed by atoms with E-state index in [1.165, 1.54) is 43.6 Å². The maximum atomic E-state index is 3.27. The highest BCUT2D eigenvalue weighted by Crippen LogP contribution is 2.26. The molecule has 0 aromatic heterocycles. The van der Waals surface area contributed by atoms with Gasteiger partial charge in [-0.3, -0.25) is 9.80 Å². The molecule has 0 amide bonds. The summed E-state index contributed by atoms with van der Waals surface area (Å²) in [5.41, 5.74) is 3.03. The van der Waals surface area contributed by atoms with Gasteiger partial charge in [-0.05, 0) is 57.5 Å². The van der Waals surface area contributed by atoms with Crippen molar-refractivity contribution in [1.82, 2.24) is 15.1 Å². The van der Waals surface area contributed by atoms with Gasteiger partial charge >= 0.3 is 0 Å². The molecule has 2 fully saturated rings. The molecule has 2 atom stereocenters. The van der Waals surface area contributed by atoms with Crippen LogP contribution < -0.4 is 5.32 Å². The third-order valence-corrected chi connectivity index (χ3v) is 5.20. The van der Waals surface area contributed by atoms with Gasteiger partial charge in [-0.2, -0.15) is 0 Å². The van der Waals surface area contributed by atoms with Crippen LogP contribution in [0.15, 0.2) is 24.3 Å². The fourth-order valence-electron chi connectivity index (χ4n) is 3.90. The summed E-state index contributed by atoms with van der Waals surface area (Å²) in [5, 5.41) is 3.27. The van der Waals surface area contributed by atoms with Gasteiger partial charge < -0.3 is 5.32 Å². The van der Waals surface area contributed by atoms with E-state index in [-0.39, 0.29) is 0 Å². The first kappa shape index (κ1) is 15.0. The fraction of sp³-hybridized carbons (Fsp3) is 0.667. The van der Waals surface area contributed by atoms with Crippen LogP contribution in [0.3, 0.4) is 0 Å². The van der Waals surface area contributed by atoms with Gasteiger partial charge in [0.1, 0.15) is 0 Å². The summed E-state index contributed by atoms with van der Waals surface area (Å²) in [5.74, 6) is 0. The van der Waals surface area contributed by atoms with Gasteiger partial charge in [0.25, 0.3) is 0 Å². The number of rotatable bonds is 5. The Kier molecular flexibility index (Phi) is 4.94. The molecule has 3 heteroatoms. The van der Waals surface area contributed by atoms with Crippen molar-refractivity contribution in [1.29, 1.82) is 0 Å². The summed E-state index contributed by atoms with van der Waals surface area (Å²) in [4.78, 5) is 5.40. The predicted octanol–water partition coefficient (Wildman–Crippen LogP) is 2.12. The summed E-state index contributed by atoms with van der Waals surface area (Å²) in [6, 6.07) is 10.5. The van der Waals surface area contributed by atoms with Crippen LogP contribution in [0.2, 0.25) is 0 Å². The monoisotopic (exact) mass is 287 g/mol. The average Bonchev–Trinajstić information content (AvgIpc) is 2.94. The molecule has 1 N–H and O–H groups in total.